The number of amides is 1. The summed E-state index contributed by atoms with van der Waals surface area (Å²) in [6.45, 7) is 3.35. The Morgan fingerprint density at radius 2 is 2.06 bits per heavy atom. The summed E-state index contributed by atoms with van der Waals surface area (Å²) in [6.07, 6.45) is 1.14. The summed E-state index contributed by atoms with van der Waals surface area (Å²) in [4.78, 5) is 14.0. The number of aliphatic hydroxyl groups excluding tert-OH is 1. The predicted octanol–water partition coefficient (Wildman–Crippen LogP) is 2.20. The highest BCUT2D eigenvalue weighted by Crippen LogP contribution is 2.17. The molecule has 17 heavy (non-hydrogen) atoms. The zero-order chi connectivity index (χ0) is 12.4. The van der Waals surface area contributed by atoms with Crippen LogP contribution in [0.25, 0.3) is 0 Å². The Morgan fingerprint density at radius 3 is 2.65 bits per heavy atom. The summed E-state index contributed by atoms with van der Waals surface area (Å²) in [5.74, 6) is 0.0785. The molecule has 0 radical (unpaired) electrons. The highest BCUT2D eigenvalue weighted by Gasteiger charge is 2.22. The molecule has 3 nitrogen and oxygen atoms in total. The Hall–Kier alpha value is -0.620. The summed E-state index contributed by atoms with van der Waals surface area (Å²) in [7, 11) is 0. The fraction of sp³-hybridized carbons (Fsp3) is 0.462. The normalized spacial score (nSPS) is 17.2. The van der Waals surface area contributed by atoms with Crippen molar-refractivity contribution in [1.29, 1.82) is 0 Å². The van der Waals surface area contributed by atoms with Crippen molar-refractivity contribution in [1.82, 2.24) is 4.90 Å². The molecular weight excluding hydrogens is 329 g/mol. The van der Waals surface area contributed by atoms with Gasteiger partial charge in [-0.1, -0.05) is 6.07 Å². The topological polar surface area (TPSA) is 40.5 Å². The van der Waals surface area contributed by atoms with Crippen molar-refractivity contribution in [3.8, 4) is 0 Å². The number of aryl methyl sites for hydroxylation is 1. The summed E-state index contributed by atoms with van der Waals surface area (Å²) >= 11 is 2.25. The summed E-state index contributed by atoms with van der Waals surface area (Å²) in [5.41, 5.74) is 1.94. The van der Waals surface area contributed by atoms with Gasteiger partial charge >= 0.3 is 0 Å². The SMILES string of the molecule is Cc1ccc(C(=O)N2CCC(O)CC2)cc1I. The highest BCUT2D eigenvalue weighted by molar-refractivity contribution is 14.1. The third-order valence-electron chi connectivity index (χ3n) is 3.17. The molecule has 0 unspecified atom stereocenters. The first-order chi connectivity index (χ1) is 8.08. The molecule has 0 bridgehead atoms. The van der Waals surface area contributed by atoms with Gasteiger partial charge in [0.2, 0.25) is 0 Å². The highest BCUT2D eigenvalue weighted by atomic mass is 127. The first-order valence-corrected chi connectivity index (χ1v) is 6.89. The van der Waals surface area contributed by atoms with Crippen molar-refractivity contribution in [2.45, 2.75) is 25.9 Å². The fourth-order valence-electron chi connectivity index (χ4n) is 1.98. The number of likely N-dealkylation sites (tertiary alicyclic amines) is 1. The molecule has 0 aliphatic carbocycles. The van der Waals surface area contributed by atoms with Crippen LogP contribution in [-0.4, -0.2) is 35.1 Å². The molecule has 1 aromatic rings. The van der Waals surface area contributed by atoms with Crippen molar-refractivity contribution in [2.75, 3.05) is 13.1 Å². The maximum atomic E-state index is 12.2. The number of aliphatic hydroxyl groups is 1. The molecule has 0 spiro atoms. The average Bonchev–Trinajstić information content (AvgIpc) is 2.33. The second kappa shape index (κ2) is 5.35. The van der Waals surface area contributed by atoms with Gasteiger partial charge in [0.25, 0.3) is 5.91 Å². The van der Waals surface area contributed by atoms with Crippen molar-refractivity contribution >= 4 is 28.5 Å². The molecule has 0 saturated carbocycles. The minimum absolute atomic E-state index is 0.0785. The molecule has 1 heterocycles. The van der Waals surface area contributed by atoms with Gasteiger partial charge in [-0.25, -0.2) is 0 Å². The molecule has 0 aromatic heterocycles. The van der Waals surface area contributed by atoms with Gasteiger partial charge in [0.05, 0.1) is 6.10 Å². The molecule has 1 aliphatic rings. The van der Waals surface area contributed by atoms with E-state index in [0.717, 1.165) is 9.13 Å². The molecule has 1 amide bonds. The smallest absolute Gasteiger partial charge is 0.253 e. The Balaban J connectivity index is 2.11. The van der Waals surface area contributed by atoms with E-state index in [4.69, 9.17) is 0 Å². The number of hydrogen-bond acceptors (Lipinski definition) is 2. The lowest BCUT2D eigenvalue weighted by atomic mass is 10.1. The van der Waals surface area contributed by atoms with Crippen LogP contribution in [-0.2, 0) is 0 Å². The maximum Gasteiger partial charge on any atom is 0.253 e. The van der Waals surface area contributed by atoms with E-state index in [2.05, 4.69) is 22.6 Å². The molecule has 92 valence electrons. The minimum Gasteiger partial charge on any atom is -0.393 e. The van der Waals surface area contributed by atoms with E-state index in [0.29, 0.717) is 25.9 Å². The van der Waals surface area contributed by atoms with Crippen molar-refractivity contribution in [3.63, 3.8) is 0 Å². The van der Waals surface area contributed by atoms with Crippen molar-refractivity contribution in [3.05, 3.63) is 32.9 Å². The number of hydrogen-bond donors (Lipinski definition) is 1. The summed E-state index contributed by atoms with van der Waals surface area (Å²) < 4.78 is 1.12. The molecular formula is C13H16INO2. The van der Waals surface area contributed by atoms with Gasteiger partial charge in [-0.2, -0.15) is 0 Å². The maximum absolute atomic E-state index is 12.2. The average molecular weight is 345 g/mol. The Bertz CT molecular complexity index is 425. The molecule has 4 heteroatoms. The van der Waals surface area contributed by atoms with E-state index < -0.39 is 0 Å². The molecule has 1 saturated heterocycles. The van der Waals surface area contributed by atoms with E-state index in [9.17, 15) is 9.90 Å². The van der Waals surface area contributed by atoms with Gasteiger partial charge in [0.15, 0.2) is 0 Å². The van der Waals surface area contributed by atoms with Crippen LogP contribution in [0.5, 0.6) is 0 Å². The third-order valence-corrected chi connectivity index (χ3v) is 4.33. The largest absolute Gasteiger partial charge is 0.393 e. The van der Waals surface area contributed by atoms with Crippen molar-refractivity contribution in [2.24, 2.45) is 0 Å². The third kappa shape index (κ3) is 2.98. The summed E-state index contributed by atoms with van der Waals surface area (Å²) in [5, 5.41) is 9.42. The van der Waals surface area contributed by atoms with E-state index in [1.54, 1.807) is 0 Å². The van der Waals surface area contributed by atoms with Gasteiger partial charge in [-0.15, -0.1) is 0 Å². The molecule has 2 rings (SSSR count). The minimum atomic E-state index is -0.239. The van der Waals surface area contributed by atoms with Crippen LogP contribution >= 0.6 is 22.6 Å². The number of benzene rings is 1. The van der Waals surface area contributed by atoms with E-state index in [1.165, 1.54) is 5.56 Å². The second-order valence-electron chi connectivity index (χ2n) is 4.49. The Morgan fingerprint density at radius 1 is 1.41 bits per heavy atom. The molecule has 1 N–H and O–H groups in total. The van der Waals surface area contributed by atoms with Gasteiger partial charge in [0, 0.05) is 22.2 Å². The Labute approximate surface area is 115 Å². The lowest BCUT2D eigenvalue weighted by Gasteiger charge is -2.29. The van der Waals surface area contributed by atoms with Crippen LogP contribution in [0.4, 0.5) is 0 Å². The van der Waals surface area contributed by atoms with Gasteiger partial charge in [-0.05, 0) is 60.1 Å². The monoisotopic (exact) mass is 345 g/mol. The zero-order valence-corrected chi connectivity index (χ0v) is 12.0. The van der Waals surface area contributed by atoms with Crippen LogP contribution in [0, 0.1) is 10.5 Å². The first kappa shape index (κ1) is 12.8. The van der Waals surface area contributed by atoms with Crippen LogP contribution in [0.15, 0.2) is 18.2 Å². The molecule has 1 aliphatic heterocycles. The number of rotatable bonds is 1. The number of nitrogens with zero attached hydrogens (tertiary/aromatic N) is 1. The lowest BCUT2D eigenvalue weighted by molar-refractivity contribution is 0.0546. The lowest BCUT2D eigenvalue weighted by Crippen LogP contribution is -2.40. The van der Waals surface area contributed by atoms with E-state index in [-0.39, 0.29) is 12.0 Å². The van der Waals surface area contributed by atoms with E-state index >= 15 is 0 Å². The fourth-order valence-corrected chi connectivity index (χ4v) is 2.49. The number of carbonyl (C=O) groups excluding carboxylic acids is 1. The quantitative estimate of drug-likeness (QED) is 0.793. The zero-order valence-electron chi connectivity index (χ0n) is 9.82. The number of piperidine rings is 1. The second-order valence-corrected chi connectivity index (χ2v) is 5.65. The number of halogens is 1. The molecule has 1 fully saturated rings. The van der Waals surface area contributed by atoms with Crippen molar-refractivity contribution < 1.29 is 9.90 Å². The Kier molecular flexibility index (Phi) is 4.04. The molecule has 1 aromatic carbocycles. The molecule has 0 atom stereocenters. The summed E-state index contributed by atoms with van der Waals surface area (Å²) in [6, 6.07) is 5.79. The van der Waals surface area contributed by atoms with Crippen LogP contribution in [0.2, 0.25) is 0 Å². The van der Waals surface area contributed by atoms with E-state index in [1.807, 2.05) is 30.0 Å². The number of carbonyl (C=O) groups is 1. The first-order valence-electron chi connectivity index (χ1n) is 5.81. The van der Waals surface area contributed by atoms with Gasteiger partial charge in [0.1, 0.15) is 0 Å². The van der Waals surface area contributed by atoms with Gasteiger partial charge in [-0.3, -0.25) is 4.79 Å². The van der Waals surface area contributed by atoms with Gasteiger partial charge < -0.3 is 10.0 Å². The van der Waals surface area contributed by atoms with Crippen LogP contribution < -0.4 is 0 Å². The predicted molar refractivity (Wildman–Crippen MR) is 75.0 cm³/mol. The van der Waals surface area contributed by atoms with Crippen LogP contribution in [0.1, 0.15) is 28.8 Å². The van der Waals surface area contributed by atoms with Crippen LogP contribution in [0.3, 0.4) is 0 Å². The standard InChI is InChI=1S/C13H16INO2/c1-9-2-3-10(8-12(9)14)13(17)15-6-4-11(16)5-7-15/h2-3,8,11,16H,4-7H2,1H3.